The topological polar surface area (TPSA) is 83.5 Å². The van der Waals surface area contributed by atoms with Crippen LogP contribution in [0.2, 0.25) is 5.02 Å². The number of carboxylic acid groups (broad SMARTS) is 1. The Morgan fingerprint density at radius 1 is 1.29 bits per heavy atom. The lowest BCUT2D eigenvalue weighted by Crippen LogP contribution is -2.29. The van der Waals surface area contributed by atoms with Crippen LogP contribution >= 0.6 is 22.9 Å². The van der Waals surface area contributed by atoms with Gasteiger partial charge in [0.2, 0.25) is 10.0 Å². The van der Waals surface area contributed by atoms with Gasteiger partial charge in [-0.05, 0) is 35.7 Å². The van der Waals surface area contributed by atoms with Gasteiger partial charge in [-0.3, -0.25) is 4.79 Å². The average molecular weight is 346 g/mol. The monoisotopic (exact) mass is 345 g/mol. The molecule has 0 saturated heterocycles. The molecule has 112 valence electrons. The number of carboxylic acids is 1. The summed E-state index contributed by atoms with van der Waals surface area (Å²) in [5.74, 6) is -1.08. The fourth-order valence-electron chi connectivity index (χ4n) is 1.73. The van der Waals surface area contributed by atoms with Gasteiger partial charge in [-0.25, -0.2) is 13.1 Å². The van der Waals surface area contributed by atoms with Crippen LogP contribution in [0.1, 0.15) is 17.3 Å². The summed E-state index contributed by atoms with van der Waals surface area (Å²) in [4.78, 5) is 11.6. The zero-order chi connectivity index (χ0) is 15.5. The molecule has 0 amide bonds. The molecule has 1 heterocycles. The first kappa shape index (κ1) is 16.0. The third-order valence-corrected chi connectivity index (χ3v) is 5.41. The third kappa shape index (κ3) is 4.28. The molecule has 0 bridgehead atoms. The van der Waals surface area contributed by atoms with Crippen LogP contribution < -0.4 is 4.72 Å². The second-order valence-electron chi connectivity index (χ2n) is 4.24. The number of benzene rings is 1. The minimum atomic E-state index is -3.81. The maximum atomic E-state index is 12.3. The van der Waals surface area contributed by atoms with Crippen molar-refractivity contribution in [1.29, 1.82) is 0 Å². The van der Waals surface area contributed by atoms with Crippen molar-refractivity contribution in [2.45, 2.75) is 17.4 Å². The van der Waals surface area contributed by atoms with Crippen LogP contribution in [-0.2, 0) is 14.8 Å². The van der Waals surface area contributed by atoms with Crippen molar-refractivity contribution in [3.05, 3.63) is 51.7 Å². The maximum Gasteiger partial charge on any atom is 0.305 e. The molecule has 0 fully saturated rings. The van der Waals surface area contributed by atoms with Crippen LogP contribution in [0.5, 0.6) is 0 Å². The van der Waals surface area contributed by atoms with E-state index >= 15 is 0 Å². The smallest absolute Gasteiger partial charge is 0.305 e. The van der Waals surface area contributed by atoms with Gasteiger partial charge in [0.15, 0.2) is 0 Å². The van der Waals surface area contributed by atoms with E-state index in [4.69, 9.17) is 16.7 Å². The second kappa shape index (κ2) is 6.57. The summed E-state index contributed by atoms with van der Waals surface area (Å²) >= 11 is 7.03. The molecule has 8 heteroatoms. The first-order chi connectivity index (χ1) is 9.88. The second-order valence-corrected chi connectivity index (χ2v) is 7.37. The first-order valence-electron chi connectivity index (χ1n) is 5.91. The van der Waals surface area contributed by atoms with Crippen molar-refractivity contribution in [2.24, 2.45) is 0 Å². The Hall–Kier alpha value is -1.41. The number of sulfonamides is 1. The molecule has 21 heavy (non-hydrogen) atoms. The van der Waals surface area contributed by atoms with Gasteiger partial charge in [0.05, 0.1) is 17.4 Å². The van der Waals surface area contributed by atoms with Gasteiger partial charge in [0, 0.05) is 9.90 Å². The zero-order valence-corrected chi connectivity index (χ0v) is 13.1. The summed E-state index contributed by atoms with van der Waals surface area (Å²) in [6.45, 7) is 0. The lowest BCUT2D eigenvalue weighted by molar-refractivity contribution is -0.137. The van der Waals surface area contributed by atoms with Crippen molar-refractivity contribution < 1.29 is 18.3 Å². The van der Waals surface area contributed by atoms with Crippen LogP contribution in [0.15, 0.2) is 46.7 Å². The molecule has 2 N–H and O–H groups in total. The predicted octanol–water partition coefficient (Wildman–Crippen LogP) is 2.90. The highest BCUT2D eigenvalue weighted by Crippen LogP contribution is 2.24. The molecule has 0 aliphatic rings. The third-order valence-electron chi connectivity index (χ3n) is 2.69. The summed E-state index contributed by atoms with van der Waals surface area (Å²) in [7, 11) is -3.81. The Morgan fingerprint density at radius 3 is 2.48 bits per heavy atom. The first-order valence-corrected chi connectivity index (χ1v) is 8.65. The van der Waals surface area contributed by atoms with Crippen LogP contribution in [0.3, 0.4) is 0 Å². The molecule has 1 aromatic carbocycles. The van der Waals surface area contributed by atoms with Crippen LogP contribution in [-0.4, -0.2) is 19.5 Å². The van der Waals surface area contributed by atoms with E-state index in [1.54, 1.807) is 17.5 Å². The van der Waals surface area contributed by atoms with Crippen LogP contribution in [0.25, 0.3) is 0 Å². The van der Waals surface area contributed by atoms with Crippen molar-refractivity contribution in [1.82, 2.24) is 4.72 Å². The Balaban J connectivity index is 2.27. The summed E-state index contributed by atoms with van der Waals surface area (Å²) in [5, 5.41) is 11.1. The molecule has 0 spiro atoms. The van der Waals surface area contributed by atoms with E-state index in [-0.39, 0.29) is 11.3 Å². The summed E-state index contributed by atoms with van der Waals surface area (Å²) in [6.07, 6.45) is -0.326. The lowest BCUT2D eigenvalue weighted by atomic mass is 10.2. The molecule has 1 atom stereocenters. The van der Waals surface area contributed by atoms with Gasteiger partial charge in [-0.15, -0.1) is 11.3 Å². The normalized spacial score (nSPS) is 13.0. The maximum absolute atomic E-state index is 12.3. The number of thiophene rings is 1. The highest BCUT2D eigenvalue weighted by molar-refractivity contribution is 7.89. The fraction of sp³-hybridized carbons (Fsp3) is 0.154. The molecule has 2 rings (SSSR count). The summed E-state index contributed by atoms with van der Waals surface area (Å²) in [6, 6.07) is 8.31. The zero-order valence-electron chi connectivity index (χ0n) is 10.7. The van der Waals surface area contributed by atoms with E-state index in [9.17, 15) is 13.2 Å². The van der Waals surface area contributed by atoms with Gasteiger partial charge < -0.3 is 5.11 Å². The highest BCUT2D eigenvalue weighted by Gasteiger charge is 2.24. The predicted molar refractivity (Wildman–Crippen MR) is 81.1 cm³/mol. The standard InChI is InChI=1S/C13H12ClNO4S2/c14-9-3-5-10(6-4-9)21(18,19)15-11(8-13(16)17)12-2-1-7-20-12/h1-7,11,15H,8H2,(H,16,17). The van der Waals surface area contributed by atoms with Gasteiger partial charge in [-0.1, -0.05) is 17.7 Å². The summed E-state index contributed by atoms with van der Waals surface area (Å²) in [5.41, 5.74) is 0. The van der Waals surface area contributed by atoms with Gasteiger partial charge in [0.25, 0.3) is 0 Å². The van der Waals surface area contributed by atoms with E-state index in [1.807, 2.05) is 0 Å². The highest BCUT2D eigenvalue weighted by atomic mass is 35.5. The molecule has 5 nitrogen and oxygen atoms in total. The molecular weight excluding hydrogens is 334 g/mol. The number of nitrogens with one attached hydrogen (secondary N) is 1. The van der Waals surface area contributed by atoms with Gasteiger partial charge in [-0.2, -0.15) is 0 Å². The SMILES string of the molecule is O=C(O)CC(NS(=O)(=O)c1ccc(Cl)cc1)c1cccs1. The lowest BCUT2D eigenvalue weighted by Gasteiger charge is -2.15. The largest absolute Gasteiger partial charge is 0.481 e. The van der Waals surface area contributed by atoms with E-state index < -0.39 is 22.0 Å². The Kier molecular flexibility index (Phi) is 5.00. The van der Waals surface area contributed by atoms with E-state index in [2.05, 4.69) is 4.72 Å². The Morgan fingerprint density at radius 2 is 1.95 bits per heavy atom. The molecule has 0 aliphatic carbocycles. The molecule has 0 radical (unpaired) electrons. The van der Waals surface area contributed by atoms with Crippen molar-refractivity contribution >= 4 is 38.9 Å². The van der Waals surface area contributed by atoms with Crippen molar-refractivity contribution in [3.8, 4) is 0 Å². The quantitative estimate of drug-likeness (QED) is 0.843. The molecule has 2 aromatic rings. The Labute approximate surface area is 131 Å². The molecular formula is C13H12ClNO4S2. The fourth-order valence-corrected chi connectivity index (χ4v) is 3.93. The van der Waals surface area contributed by atoms with Crippen molar-refractivity contribution in [3.63, 3.8) is 0 Å². The average Bonchev–Trinajstić information content (AvgIpc) is 2.91. The number of hydrogen-bond acceptors (Lipinski definition) is 4. The van der Waals surface area contributed by atoms with Gasteiger partial charge >= 0.3 is 5.97 Å². The number of rotatable bonds is 6. The van der Waals surface area contributed by atoms with Crippen molar-refractivity contribution in [2.75, 3.05) is 0 Å². The van der Waals surface area contributed by atoms with E-state index in [1.165, 1.54) is 35.6 Å². The molecule has 0 saturated carbocycles. The summed E-state index contributed by atoms with van der Waals surface area (Å²) < 4.78 is 27.0. The number of carbonyl (C=O) groups is 1. The van der Waals surface area contributed by atoms with E-state index in [0.29, 0.717) is 9.90 Å². The number of aliphatic carboxylic acids is 1. The van der Waals surface area contributed by atoms with Crippen LogP contribution in [0.4, 0.5) is 0 Å². The number of hydrogen-bond donors (Lipinski definition) is 2. The van der Waals surface area contributed by atoms with Gasteiger partial charge in [0.1, 0.15) is 0 Å². The number of halogens is 1. The molecule has 0 aliphatic heterocycles. The minimum Gasteiger partial charge on any atom is -0.481 e. The molecule has 1 unspecified atom stereocenters. The molecule has 1 aromatic heterocycles. The Bertz CT molecular complexity index is 711. The van der Waals surface area contributed by atoms with Crippen LogP contribution in [0, 0.1) is 0 Å². The minimum absolute atomic E-state index is 0.0406. The van der Waals surface area contributed by atoms with E-state index in [0.717, 1.165) is 0 Å².